The molecule has 2 N–H and O–H groups in total. The Morgan fingerprint density at radius 2 is 1.92 bits per heavy atom. The van der Waals surface area contributed by atoms with Gasteiger partial charge in [0.2, 0.25) is 5.91 Å². The van der Waals surface area contributed by atoms with E-state index in [4.69, 9.17) is 0 Å². The summed E-state index contributed by atoms with van der Waals surface area (Å²) >= 11 is 0. The van der Waals surface area contributed by atoms with E-state index in [1.54, 1.807) is 0 Å². The first-order valence-corrected chi connectivity index (χ1v) is 9.58. The van der Waals surface area contributed by atoms with Crippen molar-refractivity contribution in [2.24, 2.45) is 11.8 Å². The van der Waals surface area contributed by atoms with E-state index < -0.39 is 0 Å². The summed E-state index contributed by atoms with van der Waals surface area (Å²) in [6.45, 7) is 9.05. The van der Waals surface area contributed by atoms with Crippen molar-refractivity contribution in [1.29, 1.82) is 0 Å². The molecule has 1 unspecified atom stereocenters. The molecule has 2 saturated heterocycles. The Morgan fingerprint density at radius 3 is 2.64 bits per heavy atom. The number of anilines is 2. The van der Waals surface area contributed by atoms with Crippen LogP contribution in [0.1, 0.15) is 33.1 Å². The molecular weight excluding hydrogens is 314 g/mol. The van der Waals surface area contributed by atoms with E-state index in [2.05, 4.69) is 35.0 Å². The SMILES string of the molecule is CC(C)CN1CCC(C(=O)Nc2ccccc2N2CCC(O)CC2)C1. The molecule has 2 heterocycles. The highest BCUT2D eigenvalue weighted by Crippen LogP contribution is 2.29. The Bertz CT molecular complexity index is 582. The minimum Gasteiger partial charge on any atom is -0.393 e. The van der Waals surface area contributed by atoms with Gasteiger partial charge in [-0.1, -0.05) is 26.0 Å². The summed E-state index contributed by atoms with van der Waals surface area (Å²) < 4.78 is 0. The molecule has 0 bridgehead atoms. The molecule has 2 aliphatic heterocycles. The monoisotopic (exact) mass is 345 g/mol. The molecule has 25 heavy (non-hydrogen) atoms. The maximum absolute atomic E-state index is 12.7. The highest BCUT2D eigenvalue weighted by molar-refractivity contribution is 5.96. The standard InChI is InChI=1S/C20H31N3O2/c1-15(2)13-22-10-7-16(14-22)20(25)21-18-5-3-4-6-19(18)23-11-8-17(24)9-12-23/h3-6,15-17,24H,7-14H2,1-2H3,(H,21,25). The van der Waals surface area contributed by atoms with Gasteiger partial charge in [0.1, 0.15) is 0 Å². The number of benzene rings is 1. The Kier molecular flexibility index (Phi) is 5.97. The van der Waals surface area contributed by atoms with Gasteiger partial charge in [-0.05, 0) is 43.9 Å². The lowest BCUT2D eigenvalue weighted by atomic mass is 10.1. The normalized spacial score (nSPS) is 22.6. The fourth-order valence-electron chi connectivity index (χ4n) is 3.93. The number of carbonyl (C=O) groups is 1. The molecule has 0 spiro atoms. The number of hydrogen-bond acceptors (Lipinski definition) is 4. The molecule has 1 amide bonds. The fraction of sp³-hybridized carbons (Fsp3) is 0.650. The molecule has 0 aromatic heterocycles. The van der Waals surface area contributed by atoms with Crippen molar-refractivity contribution in [3.63, 3.8) is 0 Å². The van der Waals surface area contributed by atoms with E-state index >= 15 is 0 Å². The third kappa shape index (κ3) is 4.73. The maximum Gasteiger partial charge on any atom is 0.228 e. The number of para-hydroxylation sites is 2. The number of hydrogen-bond donors (Lipinski definition) is 2. The Labute approximate surface area is 151 Å². The molecule has 2 fully saturated rings. The van der Waals surface area contributed by atoms with Crippen molar-refractivity contribution in [2.75, 3.05) is 42.9 Å². The molecule has 1 aromatic rings. The maximum atomic E-state index is 12.7. The molecule has 0 saturated carbocycles. The van der Waals surface area contributed by atoms with Crippen molar-refractivity contribution in [3.05, 3.63) is 24.3 Å². The average molecular weight is 345 g/mol. The molecule has 0 aliphatic carbocycles. The molecule has 138 valence electrons. The summed E-state index contributed by atoms with van der Waals surface area (Å²) in [6.07, 6.45) is 2.32. The Hall–Kier alpha value is -1.59. The molecule has 5 heteroatoms. The van der Waals surface area contributed by atoms with Crippen LogP contribution in [0.4, 0.5) is 11.4 Å². The van der Waals surface area contributed by atoms with Crippen molar-refractivity contribution >= 4 is 17.3 Å². The first-order chi connectivity index (χ1) is 12.0. The molecule has 5 nitrogen and oxygen atoms in total. The number of aliphatic hydroxyl groups excluding tert-OH is 1. The van der Waals surface area contributed by atoms with Crippen molar-refractivity contribution in [1.82, 2.24) is 4.90 Å². The zero-order valence-electron chi connectivity index (χ0n) is 15.4. The van der Waals surface area contributed by atoms with E-state index in [0.717, 1.165) is 63.4 Å². The summed E-state index contributed by atoms with van der Waals surface area (Å²) in [5.74, 6) is 0.850. The largest absolute Gasteiger partial charge is 0.393 e. The molecule has 0 radical (unpaired) electrons. The van der Waals surface area contributed by atoms with Gasteiger partial charge in [-0.3, -0.25) is 4.79 Å². The number of nitrogens with one attached hydrogen (secondary N) is 1. The molecule has 1 aromatic carbocycles. The van der Waals surface area contributed by atoms with Crippen molar-refractivity contribution in [3.8, 4) is 0 Å². The second kappa shape index (κ2) is 8.19. The minimum atomic E-state index is -0.191. The molecular formula is C20H31N3O2. The Balaban J connectivity index is 1.62. The highest BCUT2D eigenvalue weighted by atomic mass is 16.3. The lowest BCUT2D eigenvalue weighted by Gasteiger charge is -2.33. The third-order valence-electron chi connectivity index (χ3n) is 5.23. The zero-order chi connectivity index (χ0) is 17.8. The van der Waals surface area contributed by atoms with Crippen LogP contribution in [0.5, 0.6) is 0 Å². The van der Waals surface area contributed by atoms with Crippen LogP contribution in [0.15, 0.2) is 24.3 Å². The van der Waals surface area contributed by atoms with Crippen LogP contribution in [-0.4, -0.2) is 54.7 Å². The lowest BCUT2D eigenvalue weighted by molar-refractivity contribution is -0.119. The highest BCUT2D eigenvalue weighted by Gasteiger charge is 2.29. The Morgan fingerprint density at radius 1 is 1.20 bits per heavy atom. The summed E-state index contributed by atoms with van der Waals surface area (Å²) in [7, 11) is 0. The van der Waals surface area contributed by atoms with Crippen molar-refractivity contribution in [2.45, 2.75) is 39.2 Å². The second-order valence-corrected chi connectivity index (χ2v) is 7.86. The number of nitrogens with zero attached hydrogens (tertiary/aromatic N) is 2. The van der Waals surface area contributed by atoms with E-state index in [1.807, 2.05) is 18.2 Å². The first kappa shape index (κ1) is 18.2. The summed E-state index contributed by atoms with van der Waals surface area (Å²) in [4.78, 5) is 17.4. The number of likely N-dealkylation sites (tertiary alicyclic amines) is 1. The van der Waals surface area contributed by atoms with Crippen LogP contribution >= 0.6 is 0 Å². The van der Waals surface area contributed by atoms with Gasteiger partial charge in [0.15, 0.2) is 0 Å². The number of piperidine rings is 1. The van der Waals surface area contributed by atoms with Gasteiger partial charge in [0.05, 0.1) is 23.4 Å². The smallest absolute Gasteiger partial charge is 0.228 e. The first-order valence-electron chi connectivity index (χ1n) is 9.58. The average Bonchev–Trinajstić information content (AvgIpc) is 3.04. The summed E-state index contributed by atoms with van der Waals surface area (Å²) in [5, 5.41) is 12.9. The van der Waals surface area contributed by atoms with E-state index in [9.17, 15) is 9.90 Å². The number of rotatable bonds is 5. The summed E-state index contributed by atoms with van der Waals surface area (Å²) in [5.41, 5.74) is 1.96. The van der Waals surface area contributed by atoms with E-state index in [0.29, 0.717) is 5.92 Å². The van der Waals surface area contributed by atoms with Gasteiger partial charge in [0.25, 0.3) is 0 Å². The predicted octanol–water partition coefficient (Wildman–Crippen LogP) is 2.56. The van der Waals surface area contributed by atoms with Crippen LogP contribution in [0.25, 0.3) is 0 Å². The topological polar surface area (TPSA) is 55.8 Å². The van der Waals surface area contributed by atoms with E-state index in [1.165, 1.54) is 0 Å². The number of aliphatic hydroxyl groups is 1. The van der Waals surface area contributed by atoms with Gasteiger partial charge >= 0.3 is 0 Å². The number of amides is 1. The van der Waals surface area contributed by atoms with Crippen LogP contribution < -0.4 is 10.2 Å². The minimum absolute atomic E-state index is 0.0787. The van der Waals surface area contributed by atoms with Crippen LogP contribution in [-0.2, 0) is 4.79 Å². The lowest BCUT2D eigenvalue weighted by Crippen LogP contribution is -2.36. The number of carbonyl (C=O) groups excluding carboxylic acids is 1. The molecule has 2 aliphatic rings. The zero-order valence-corrected chi connectivity index (χ0v) is 15.4. The predicted molar refractivity (Wildman–Crippen MR) is 102 cm³/mol. The van der Waals surface area contributed by atoms with Crippen LogP contribution in [0, 0.1) is 11.8 Å². The van der Waals surface area contributed by atoms with Gasteiger partial charge in [0, 0.05) is 26.2 Å². The van der Waals surface area contributed by atoms with Gasteiger partial charge in [-0.25, -0.2) is 0 Å². The van der Waals surface area contributed by atoms with Crippen LogP contribution in [0.3, 0.4) is 0 Å². The molecule has 3 rings (SSSR count). The van der Waals surface area contributed by atoms with Crippen molar-refractivity contribution < 1.29 is 9.90 Å². The molecule has 1 atom stereocenters. The van der Waals surface area contributed by atoms with Gasteiger partial charge in [-0.2, -0.15) is 0 Å². The van der Waals surface area contributed by atoms with Crippen LogP contribution in [0.2, 0.25) is 0 Å². The summed E-state index contributed by atoms with van der Waals surface area (Å²) in [6, 6.07) is 8.03. The van der Waals surface area contributed by atoms with Gasteiger partial charge in [-0.15, -0.1) is 0 Å². The second-order valence-electron chi connectivity index (χ2n) is 7.86. The van der Waals surface area contributed by atoms with E-state index in [-0.39, 0.29) is 17.9 Å². The quantitative estimate of drug-likeness (QED) is 0.861. The van der Waals surface area contributed by atoms with Gasteiger partial charge < -0.3 is 20.2 Å². The fourth-order valence-corrected chi connectivity index (χ4v) is 3.93. The third-order valence-corrected chi connectivity index (χ3v) is 5.23.